The van der Waals surface area contributed by atoms with Gasteiger partial charge in [-0.15, -0.1) is 0 Å². The summed E-state index contributed by atoms with van der Waals surface area (Å²) >= 11 is 8.34. The number of aryl methyl sites for hydroxylation is 1. The van der Waals surface area contributed by atoms with Crippen molar-refractivity contribution >= 4 is 51.7 Å². The Morgan fingerprint density at radius 3 is 2.36 bits per heavy atom. The van der Waals surface area contributed by atoms with Crippen LogP contribution >= 0.6 is 34.2 Å². The molecule has 1 aromatic carbocycles. The summed E-state index contributed by atoms with van der Waals surface area (Å²) < 4.78 is 95.6. The molecular formula is C28H23ClF7IN8O2. The van der Waals surface area contributed by atoms with Crippen molar-refractivity contribution in [3.63, 3.8) is 0 Å². The number of pyridine rings is 1. The van der Waals surface area contributed by atoms with Gasteiger partial charge in [0, 0.05) is 15.8 Å². The van der Waals surface area contributed by atoms with Gasteiger partial charge < -0.3 is 10.6 Å². The first-order valence-electron chi connectivity index (χ1n) is 13.8. The summed E-state index contributed by atoms with van der Waals surface area (Å²) in [6, 6.07) is 7.34. The zero-order valence-electron chi connectivity index (χ0n) is 24.2. The molecule has 0 bridgehead atoms. The Hall–Kier alpha value is -3.81. The van der Waals surface area contributed by atoms with E-state index in [1.807, 2.05) is 29.5 Å². The third-order valence-corrected chi connectivity index (χ3v) is 8.30. The molecule has 0 saturated heterocycles. The lowest BCUT2D eigenvalue weighted by Crippen LogP contribution is -2.50. The third-order valence-electron chi connectivity index (χ3n) is 7.38. The number of carbonyl (C=O) groups is 2. The number of halogens is 9. The van der Waals surface area contributed by atoms with Crippen LogP contribution < -0.4 is 10.6 Å². The second kappa shape index (κ2) is 12.7. The smallest absolute Gasteiger partial charge is 0.349 e. The summed E-state index contributed by atoms with van der Waals surface area (Å²) in [4.78, 5) is 31.5. The standard InChI is InChI=1S/C28H23ClF7IN8O2/c1-13-8-16(37)9-18(24(46)40-14(2)15-5-6-15)22(13)41-25(47)20-10-17(42-45(20)23-19(29)4-3-7-38-23)12-44-39-11-21(43-44)26(30,27(31,32)33)28(34,35)36/h3-4,7-11,14-15H,5-6,12H2,1-2H3,(H,40,46)(H,41,47). The number of nitrogens with one attached hydrogen (secondary N) is 2. The molecule has 1 aliphatic carbocycles. The van der Waals surface area contributed by atoms with Crippen molar-refractivity contribution < 1.29 is 40.3 Å². The molecule has 3 heterocycles. The van der Waals surface area contributed by atoms with Crippen LogP contribution in [0.25, 0.3) is 5.82 Å². The quantitative estimate of drug-likeness (QED) is 0.147. The second-order valence-electron chi connectivity index (χ2n) is 10.9. The van der Waals surface area contributed by atoms with Crippen LogP contribution in [0, 0.1) is 16.4 Å². The summed E-state index contributed by atoms with van der Waals surface area (Å²) in [7, 11) is 0. The summed E-state index contributed by atoms with van der Waals surface area (Å²) in [5, 5.41) is 16.4. The molecular weight excluding hydrogens is 776 g/mol. The van der Waals surface area contributed by atoms with Crippen molar-refractivity contribution in [2.24, 2.45) is 5.92 Å². The number of hydrogen-bond donors (Lipinski definition) is 2. The molecule has 1 aliphatic rings. The normalized spacial score (nSPS) is 14.6. The molecule has 0 spiro atoms. The Kier molecular flexibility index (Phi) is 9.30. The van der Waals surface area contributed by atoms with E-state index in [1.54, 1.807) is 19.1 Å². The van der Waals surface area contributed by atoms with Gasteiger partial charge in [0.05, 0.1) is 28.2 Å². The zero-order chi connectivity index (χ0) is 34.5. The number of benzene rings is 1. The molecule has 1 atom stereocenters. The van der Waals surface area contributed by atoms with E-state index in [4.69, 9.17) is 11.6 Å². The Labute approximate surface area is 280 Å². The van der Waals surface area contributed by atoms with Gasteiger partial charge in [-0.25, -0.2) is 14.1 Å². The fraction of sp³-hybridized carbons (Fsp3) is 0.357. The average Bonchev–Trinajstić information content (AvgIpc) is 3.59. The lowest BCUT2D eigenvalue weighted by molar-refractivity contribution is -0.350. The number of amides is 2. The number of rotatable bonds is 9. The second-order valence-corrected chi connectivity index (χ2v) is 12.5. The van der Waals surface area contributed by atoms with Crippen LogP contribution in [0.3, 0.4) is 0 Å². The van der Waals surface area contributed by atoms with E-state index in [0.717, 1.165) is 27.2 Å². The number of anilines is 1. The van der Waals surface area contributed by atoms with Gasteiger partial charge in [-0.05, 0) is 91.1 Å². The molecule has 3 aromatic heterocycles. The minimum atomic E-state index is -6.38. The number of aromatic nitrogens is 6. The van der Waals surface area contributed by atoms with Gasteiger partial charge in [-0.1, -0.05) is 11.6 Å². The van der Waals surface area contributed by atoms with Crippen molar-refractivity contribution in [1.29, 1.82) is 0 Å². The van der Waals surface area contributed by atoms with Crippen molar-refractivity contribution in [3.05, 3.63) is 79.5 Å². The number of alkyl halides is 7. The fourth-order valence-corrected chi connectivity index (χ4v) is 5.74. The molecule has 1 saturated carbocycles. The van der Waals surface area contributed by atoms with Gasteiger partial charge in [-0.3, -0.25) is 9.59 Å². The van der Waals surface area contributed by atoms with Crippen LogP contribution in [0.4, 0.5) is 36.4 Å². The Morgan fingerprint density at radius 1 is 1.06 bits per heavy atom. The summed E-state index contributed by atoms with van der Waals surface area (Å²) in [6.07, 6.45) is -9.42. The molecule has 2 amide bonds. The first kappa shape index (κ1) is 34.5. The number of carbonyl (C=O) groups excluding carboxylic acids is 2. The van der Waals surface area contributed by atoms with Crippen molar-refractivity contribution in [3.8, 4) is 5.82 Å². The Bertz CT molecular complexity index is 1820. The van der Waals surface area contributed by atoms with E-state index in [0.29, 0.717) is 16.3 Å². The maximum atomic E-state index is 14.5. The van der Waals surface area contributed by atoms with Crippen molar-refractivity contribution in [2.75, 3.05) is 5.32 Å². The molecule has 4 aromatic rings. The van der Waals surface area contributed by atoms with E-state index in [2.05, 4.69) is 30.9 Å². The average molecular weight is 799 g/mol. The molecule has 19 heteroatoms. The topological polar surface area (TPSA) is 120 Å². The van der Waals surface area contributed by atoms with E-state index in [-0.39, 0.29) is 45.7 Å². The van der Waals surface area contributed by atoms with Crippen LogP contribution in [0.2, 0.25) is 5.02 Å². The van der Waals surface area contributed by atoms with Gasteiger partial charge in [0.2, 0.25) is 0 Å². The van der Waals surface area contributed by atoms with Crippen LogP contribution in [0.1, 0.15) is 57.6 Å². The van der Waals surface area contributed by atoms with Crippen LogP contribution in [0.5, 0.6) is 0 Å². The SMILES string of the molecule is Cc1cc(I)cc(C(=O)NC(C)C2CC2)c1NC(=O)c1cc(Cn2ncc(C(F)(C(F)(F)F)C(F)(F)F)n2)nn1-c1ncccc1Cl. The van der Waals surface area contributed by atoms with Crippen molar-refractivity contribution in [1.82, 2.24) is 35.1 Å². The van der Waals surface area contributed by atoms with Crippen LogP contribution in [-0.4, -0.2) is 60.0 Å². The van der Waals surface area contributed by atoms with Gasteiger partial charge in [0.15, 0.2) is 5.82 Å². The highest BCUT2D eigenvalue weighted by Gasteiger charge is 2.75. The Morgan fingerprint density at radius 2 is 1.74 bits per heavy atom. The van der Waals surface area contributed by atoms with Crippen molar-refractivity contribution in [2.45, 2.75) is 57.3 Å². The predicted molar refractivity (Wildman–Crippen MR) is 162 cm³/mol. The first-order valence-corrected chi connectivity index (χ1v) is 15.2. The van der Waals surface area contributed by atoms with Crippen LogP contribution in [-0.2, 0) is 12.2 Å². The molecule has 0 radical (unpaired) electrons. The van der Waals surface area contributed by atoms with Gasteiger partial charge in [-0.2, -0.15) is 46.4 Å². The fourth-order valence-electron chi connectivity index (χ4n) is 4.76. The predicted octanol–water partition coefficient (Wildman–Crippen LogP) is 6.54. The maximum Gasteiger partial charge on any atom is 0.437 e. The highest BCUT2D eigenvalue weighted by atomic mass is 127. The molecule has 250 valence electrons. The minimum Gasteiger partial charge on any atom is -0.349 e. The Balaban J connectivity index is 1.50. The molecule has 1 fully saturated rings. The lowest BCUT2D eigenvalue weighted by atomic mass is 10.0. The highest BCUT2D eigenvalue weighted by Crippen LogP contribution is 2.52. The molecule has 0 aliphatic heterocycles. The molecule has 2 N–H and O–H groups in total. The third kappa shape index (κ3) is 6.93. The monoisotopic (exact) mass is 798 g/mol. The van der Waals surface area contributed by atoms with Crippen LogP contribution in [0.15, 0.2) is 42.7 Å². The summed E-state index contributed by atoms with van der Waals surface area (Å²) in [5.74, 6) is -0.914. The van der Waals surface area contributed by atoms with E-state index >= 15 is 0 Å². The highest BCUT2D eigenvalue weighted by molar-refractivity contribution is 14.1. The van der Waals surface area contributed by atoms with Gasteiger partial charge in [0.25, 0.3) is 11.8 Å². The summed E-state index contributed by atoms with van der Waals surface area (Å²) in [5.41, 5.74) is -7.25. The summed E-state index contributed by atoms with van der Waals surface area (Å²) in [6.45, 7) is 2.90. The molecule has 1 unspecified atom stereocenters. The molecule has 5 rings (SSSR count). The molecule has 10 nitrogen and oxygen atoms in total. The maximum absolute atomic E-state index is 14.5. The largest absolute Gasteiger partial charge is 0.437 e. The lowest BCUT2D eigenvalue weighted by Gasteiger charge is -2.27. The van der Waals surface area contributed by atoms with Gasteiger partial charge in [0.1, 0.15) is 17.9 Å². The van der Waals surface area contributed by atoms with E-state index < -0.39 is 42.1 Å². The number of nitrogens with zero attached hydrogens (tertiary/aromatic N) is 6. The van der Waals surface area contributed by atoms with Gasteiger partial charge >= 0.3 is 18.0 Å². The number of hydrogen-bond acceptors (Lipinski definition) is 6. The first-order chi connectivity index (χ1) is 21.9. The molecule has 47 heavy (non-hydrogen) atoms. The zero-order valence-corrected chi connectivity index (χ0v) is 27.1. The van der Waals surface area contributed by atoms with E-state index in [9.17, 15) is 40.3 Å². The van der Waals surface area contributed by atoms with E-state index in [1.165, 1.54) is 18.3 Å². The minimum absolute atomic E-state index is 0.0113.